The van der Waals surface area contributed by atoms with Crippen molar-refractivity contribution in [2.75, 3.05) is 13.2 Å². The van der Waals surface area contributed by atoms with E-state index < -0.39 is 29.1 Å². The first-order valence-electron chi connectivity index (χ1n) is 9.81. The molecule has 0 radical (unpaired) electrons. The topological polar surface area (TPSA) is 63.7 Å². The van der Waals surface area contributed by atoms with Gasteiger partial charge in [-0.05, 0) is 49.5 Å². The molecule has 1 fully saturated rings. The quantitative estimate of drug-likeness (QED) is 0.445. The third-order valence-electron chi connectivity index (χ3n) is 5.30. The Morgan fingerprint density at radius 1 is 1.21 bits per heavy atom. The lowest BCUT2D eigenvalue weighted by atomic mass is 9.84. The Bertz CT molecular complexity index is 804. The van der Waals surface area contributed by atoms with E-state index in [1.165, 1.54) is 4.90 Å². The standard InChI is InChI=1S/C22H27Cl2NO4/c1-4-22(2,3)19(26)20(27)25-12-6-5-9-18(25)21(28)29-13-7-8-15-10-11-16(23)17(24)14-15/h7-8,10-11,14,18H,4-6,9,12-13H2,1-3H3/b8-7+/t18-/m0/s1. The number of hydrogen-bond donors (Lipinski definition) is 0. The SMILES string of the molecule is CCC(C)(C)C(=O)C(=O)N1CCCC[C@H]1C(=O)OC/C=C/c1ccc(Cl)c(Cl)c1. The van der Waals surface area contributed by atoms with E-state index in [1.807, 2.05) is 6.92 Å². The maximum Gasteiger partial charge on any atom is 0.329 e. The molecule has 1 saturated heterocycles. The number of esters is 1. The molecule has 158 valence electrons. The summed E-state index contributed by atoms with van der Waals surface area (Å²) in [5, 5.41) is 0.917. The fourth-order valence-corrected chi connectivity index (χ4v) is 3.33. The maximum atomic E-state index is 12.7. The minimum Gasteiger partial charge on any atom is -0.460 e. The van der Waals surface area contributed by atoms with Crippen LogP contribution in [-0.2, 0) is 19.1 Å². The summed E-state index contributed by atoms with van der Waals surface area (Å²) in [6.45, 7) is 5.82. The number of likely N-dealkylation sites (tertiary alicyclic amines) is 1. The van der Waals surface area contributed by atoms with E-state index in [1.54, 1.807) is 44.2 Å². The monoisotopic (exact) mass is 439 g/mol. The predicted molar refractivity (Wildman–Crippen MR) is 115 cm³/mol. The molecular weight excluding hydrogens is 413 g/mol. The van der Waals surface area contributed by atoms with Crippen LogP contribution in [0.4, 0.5) is 0 Å². The van der Waals surface area contributed by atoms with Gasteiger partial charge in [-0.3, -0.25) is 9.59 Å². The lowest BCUT2D eigenvalue weighted by Gasteiger charge is -2.35. The van der Waals surface area contributed by atoms with E-state index in [9.17, 15) is 14.4 Å². The number of benzene rings is 1. The van der Waals surface area contributed by atoms with Crippen molar-refractivity contribution in [1.82, 2.24) is 4.90 Å². The normalized spacial score (nSPS) is 17.4. The third kappa shape index (κ3) is 6.06. The van der Waals surface area contributed by atoms with Crippen molar-refractivity contribution >= 4 is 46.9 Å². The first kappa shape index (κ1) is 23.4. The first-order chi connectivity index (χ1) is 13.7. The molecule has 0 aliphatic carbocycles. The molecule has 1 atom stereocenters. The van der Waals surface area contributed by atoms with Crippen molar-refractivity contribution in [2.24, 2.45) is 5.41 Å². The van der Waals surface area contributed by atoms with Crippen LogP contribution in [0, 0.1) is 5.41 Å². The van der Waals surface area contributed by atoms with Crippen LogP contribution in [0.3, 0.4) is 0 Å². The van der Waals surface area contributed by atoms with Gasteiger partial charge in [0.15, 0.2) is 0 Å². The molecule has 0 unspecified atom stereocenters. The van der Waals surface area contributed by atoms with Crippen molar-refractivity contribution < 1.29 is 19.1 Å². The molecule has 5 nitrogen and oxygen atoms in total. The van der Waals surface area contributed by atoms with Crippen molar-refractivity contribution in [3.05, 3.63) is 39.9 Å². The lowest BCUT2D eigenvalue weighted by Crippen LogP contribution is -2.53. The van der Waals surface area contributed by atoms with Gasteiger partial charge in [-0.2, -0.15) is 0 Å². The molecule has 1 heterocycles. The van der Waals surface area contributed by atoms with Gasteiger partial charge in [-0.15, -0.1) is 0 Å². The van der Waals surface area contributed by atoms with Gasteiger partial charge in [0, 0.05) is 12.0 Å². The summed E-state index contributed by atoms with van der Waals surface area (Å²) in [5.41, 5.74) is 0.0864. The Morgan fingerprint density at radius 2 is 1.93 bits per heavy atom. The first-order valence-corrected chi connectivity index (χ1v) is 10.6. The van der Waals surface area contributed by atoms with Crippen LogP contribution in [0.2, 0.25) is 10.0 Å². The second-order valence-electron chi connectivity index (χ2n) is 7.78. The molecular formula is C22H27Cl2NO4. The second kappa shape index (κ2) is 10.3. The number of piperidine rings is 1. The Morgan fingerprint density at radius 3 is 2.59 bits per heavy atom. The van der Waals surface area contributed by atoms with Crippen LogP contribution in [0.15, 0.2) is 24.3 Å². The van der Waals surface area contributed by atoms with Gasteiger partial charge in [-0.25, -0.2) is 4.79 Å². The molecule has 2 rings (SSSR count). The fourth-order valence-electron chi connectivity index (χ4n) is 3.03. The summed E-state index contributed by atoms with van der Waals surface area (Å²) in [4.78, 5) is 39.2. The van der Waals surface area contributed by atoms with E-state index in [0.717, 1.165) is 18.4 Å². The van der Waals surface area contributed by atoms with Crippen molar-refractivity contribution in [1.29, 1.82) is 0 Å². The molecule has 0 N–H and O–H groups in total. The molecule has 0 saturated carbocycles. The summed E-state index contributed by atoms with van der Waals surface area (Å²) < 4.78 is 5.34. The molecule has 7 heteroatoms. The average molecular weight is 440 g/mol. The molecule has 1 aliphatic rings. The minimum atomic E-state index is -0.744. The summed E-state index contributed by atoms with van der Waals surface area (Å²) in [5.74, 6) is -1.54. The number of nitrogens with zero attached hydrogens (tertiary/aromatic N) is 1. The van der Waals surface area contributed by atoms with Gasteiger partial charge in [0.25, 0.3) is 5.91 Å². The van der Waals surface area contributed by atoms with Crippen molar-refractivity contribution in [3.63, 3.8) is 0 Å². The zero-order valence-corrected chi connectivity index (χ0v) is 18.6. The molecule has 29 heavy (non-hydrogen) atoms. The van der Waals surface area contributed by atoms with Gasteiger partial charge in [0.2, 0.25) is 5.78 Å². The molecule has 1 aliphatic heterocycles. The Kier molecular flexibility index (Phi) is 8.29. The van der Waals surface area contributed by atoms with E-state index in [0.29, 0.717) is 29.4 Å². The van der Waals surface area contributed by atoms with Gasteiger partial charge in [0.1, 0.15) is 12.6 Å². The number of amides is 1. The van der Waals surface area contributed by atoms with Crippen molar-refractivity contribution in [3.8, 4) is 0 Å². The van der Waals surface area contributed by atoms with E-state index in [2.05, 4.69) is 0 Å². The number of halogens is 2. The van der Waals surface area contributed by atoms with Gasteiger partial charge >= 0.3 is 5.97 Å². The largest absolute Gasteiger partial charge is 0.460 e. The van der Waals surface area contributed by atoms with Gasteiger partial charge < -0.3 is 9.64 Å². The number of carbonyl (C=O) groups excluding carboxylic acids is 3. The summed E-state index contributed by atoms with van der Waals surface area (Å²) in [6.07, 6.45) is 6.10. The average Bonchev–Trinajstić information content (AvgIpc) is 2.72. The van der Waals surface area contributed by atoms with E-state index >= 15 is 0 Å². The molecule has 1 aromatic rings. The smallest absolute Gasteiger partial charge is 0.329 e. The highest BCUT2D eigenvalue weighted by Crippen LogP contribution is 2.26. The van der Waals surface area contributed by atoms with Crippen LogP contribution in [-0.4, -0.2) is 41.8 Å². The third-order valence-corrected chi connectivity index (χ3v) is 6.04. The number of rotatable bonds is 7. The molecule has 0 aromatic heterocycles. The van der Waals surface area contributed by atoms with Crippen LogP contribution in [0.5, 0.6) is 0 Å². The zero-order chi connectivity index (χ0) is 21.6. The van der Waals surface area contributed by atoms with Crippen LogP contribution in [0.1, 0.15) is 52.0 Å². The summed E-state index contributed by atoms with van der Waals surface area (Å²) in [6, 6.07) is 4.49. The molecule has 0 bridgehead atoms. The number of ketones is 1. The molecule has 0 spiro atoms. The van der Waals surface area contributed by atoms with E-state index in [-0.39, 0.29) is 6.61 Å². The predicted octanol–water partition coefficient (Wildman–Crippen LogP) is 4.94. The molecule has 1 aromatic carbocycles. The Hall–Kier alpha value is -1.85. The minimum absolute atomic E-state index is 0.0615. The Balaban J connectivity index is 1.98. The van der Waals surface area contributed by atoms with Gasteiger partial charge in [0.05, 0.1) is 10.0 Å². The summed E-state index contributed by atoms with van der Waals surface area (Å²) in [7, 11) is 0. The highest BCUT2D eigenvalue weighted by molar-refractivity contribution is 6.42. The number of hydrogen-bond acceptors (Lipinski definition) is 4. The van der Waals surface area contributed by atoms with E-state index in [4.69, 9.17) is 27.9 Å². The zero-order valence-electron chi connectivity index (χ0n) is 17.0. The number of Topliss-reactive ketones (excluding diaryl/α,β-unsaturated/α-hetero) is 1. The number of ether oxygens (including phenoxy) is 1. The second-order valence-corrected chi connectivity index (χ2v) is 8.60. The van der Waals surface area contributed by atoms with Gasteiger partial charge in [-0.1, -0.05) is 56.1 Å². The number of carbonyl (C=O) groups is 3. The molecule has 1 amide bonds. The Labute approximate surface area is 182 Å². The highest BCUT2D eigenvalue weighted by Gasteiger charge is 2.40. The van der Waals surface area contributed by atoms with Crippen LogP contribution < -0.4 is 0 Å². The van der Waals surface area contributed by atoms with Crippen LogP contribution >= 0.6 is 23.2 Å². The van der Waals surface area contributed by atoms with Crippen molar-refractivity contribution in [2.45, 2.75) is 52.5 Å². The summed E-state index contributed by atoms with van der Waals surface area (Å²) >= 11 is 11.9. The highest BCUT2D eigenvalue weighted by atomic mass is 35.5. The fraction of sp³-hybridized carbons (Fsp3) is 0.500. The van der Waals surface area contributed by atoms with Crippen LogP contribution in [0.25, 0.3) is 6.08 Å². The maximum absolute atomic E-state index is 12.7. The lowest BCUT2D eigenvalue weighted by molar-refractivity contribution is -0.160.